The van der Waals surface area contributed by atoms with Gasteiger partial charge in [0.15, 0.2) is 17.2 Å². The normalized spacial score (nSPS) is 25.5. The fourth-order valence-electron chi connectivity index (χ4n) is 3.48. The Morgan fingerprint density at radius 3 is 2.00 bits per heavy atom. The van der Waals surface area contributed by atoms with Crippen molar-refractivity contribution in [1.82, 2.24) is 4.90 Å². The molecule has 2 atom stereocenters. The van der Waals surface area contributed by atoms with Crippen molar-refractivity contribution in [2.45, 2.75) is 25.7 Å². The van der Waals surface area contributed by atoms with Gasteiger partial charge >= 0.3 is 0 Å². The summed E-state index contributed by atoms with van der Waals surface area (Å²) in [7, 11) is 0. The minimum absolute atomic E-state index is 0.190. The lowest BCUT2D eigenvalue weighted by atomic mass is 9.82. The Labute approximate surface area is 117 Å². The number of hydrogen-bond acceptors (Lipinski definition) is 4. The number of rotatable bonds is 1. The molecule has 2 unspecified atom stereocenters. The summed E-state index contributed by atoms with van der Waals surface area (Å²) in [6.45, 7) is 1.51. The Kier molecular flexibility index (Phi) is 3.20. The van der Waals surface area contributed by atoms with Gasteiger partial charge in [-0.15, -0.1) is 0 Å². The van der Waals surface area contributed by atoms with Crippen molar-refractivity contribution in [2.24, 2.45) is 11.8 Å². The van der Waals surface area contributed by atoms with E-state index >= 15 is 0 Å². The molecule has 5 heteroatoms. The van der Waals surface area contributed by atoms with E-state index < -0.39 is 17.2 Å². The number of aromatic hydroxyl groups is 3. The summed E-state index contributed by atoms with van der Waals surface area (Å²) in [4.78, 5) is 14.2. The van der Waals surface area contributed by atoms with Crippen LogP contribution in [0.25, 0.3) is 0 Å². The van der Waals surface area contributed by atoms with Gasteiger partial charge in [-0.1, -0.05) is 12.8 Å². The molecule has 108 valence electrons. The quantitative estimate of drug-likeness (QED) is 0.686. The molecule has 1 saturated heterocycles. The summed E-state index contributed by atoms with van der Waals surface area (Å²) >= 11 is 0. The first-order chi connectivity index (χ1) is 9.56. The van der Waals surface area contributed by atoms with Crippen LogP contribution in [0.4, 0.5) is 0 Å². The highest BCUT2D eigenvalue weighted by Gasteiger charge is 2.36. The number of fused-ring (bicyclic) bond motifs is 1. The van der Waals surface area contributed by atoms with E-state index in [1.807, 2.05) is 0 Å². The zero-order valence-corrected chi connectivity index (χ0v) is 11.2. The SMILES string of the molecule is O=C(c1cc(O)c(O)c(O)c1)N1CC2CCCCC2C1. The van der Waals surface area contributed by atoms with Gasteiger partial charge in [0.2, 0.25) is 0 Å². The second-order valence-corrected chi connectivity index (χ2v) is 5.88. The van der Waals surface area contributed by atoms with Gasteiger partial charge in [0.1, 0.15) is 0 Å². The standard InChI is InChI=1S/C15H19NO4/c17-12-5-11(6-13(18)14(12)19)15(20)16-7-9-3-1-2-4-10(9)8-16/h5-6,9-10,17-19H,1-4,7-8H2. The molecule has 1 saturated carbocycles. The van der Waals surface area contributed by atoms with E-state index in [4.69, 9.17) is 0 Å². The highest BCUT2D eigenvalue weighted by atomic mass is 16.3. The molecule has 1 aliphatic heterocycles. The van der Waals surface area contributed by atoms with E-state index in [9.17, 15) is 20.1 Å². The molecule has 1 aromatic rings. The number of hydrogen-bond donors (Lipinski definition) is 3. The number of nitrogens with zero attached hydrogens (tertiary/aromatic N) is 1. The third-order valence-electron chi connectivity index (χ3n) is 4.58. The monoisotopic (exact) mass is 277 g/mol. The van der Waals surface area contributed by atoms with E-state index in [0.29, 0.717) is 11.8 Å². The molecule has 0 bridgehead atoms. The van der Waals surface area contributed by atoms with Crippen LogP contribution in [0.15, 0.2) is 12.1 Å². The molecule has 3 rings (SSSR count). The summed E-state index contributed by atoms with van der Waals surface area (Å²) in [5.74, 6) is -0.532. The molecular formula is C15H19NO4. The van der Waals surface area contributed by atoms with Crippen molar-refractivity contribution in [3.63, 3.8) is 0 Å². The fourth-order valence-corrected chi connectivity index (χ4v) is 3.48. The lowest BCUT2D eigenvalue weighted by molar-refractivity contribution is 0.0783. The summed E-state index contributed by atoms with van der Waals surface area (Å²) in [6.07, 6.45) is 4.84. The van der Waals surface area contributed by atoms with E-state index in [1.54, 1.807) is 4.90 Å². The fraction of sp³-hybridized carbons (Fsp3) is 0.533. The van der Waals surface area contributed by atoms with Crippen molar-refractivity contribution in [2.75, 3.05) is 13.1 Å². The minimum Gasteiger partial charge on any atom is -0.504 e. The van der Waals surface area contributed by atoms with Gasteiger partial charge in [0, 0.05) is 18.7 Å². The number of likely N-dealkylation sites (tertiary alicyclic amines) is 1. The summed E-state index contributed by atoms with van der Waals surface area (Å²) in [5.41, 5.74) is 0.219. The lowest BCUT2D eigenvalue weighted by Gasteiger charge is -2.22. The second kappa shape index (κ2) is 4.89. The average Bonchev–Trinajstić information content (AvgIpc) is 2.87. The number of amides is 1. The number of carbonyl (C=O) groups is 1. The van der Waals surface area contributed by atoms with E-state index in [1.165, 1.54) is 37.8 Å². The van der Waals surface area contributed by atoms with Crippen LogP contribution < -0.4 is 0 Å². The molecule has 0 radical (unpaired) electrons. The average molecular weight is 277 g/mol. The predicted molar refractivity (Wildman–Crippen MR) is 72.8 cm³/mol. The Morgan fingerprint density at radius 1 is 1.00 bits per heavy atom. The van der Waals surface area contributed by atoms with E-state index in [0.717, 1.165) is 13.1 Å². The molecule has 1 aliphatic carbocycles. The molecular weight excluding hydrogens is 258 g/mol. The van der Waals surface area contributed by atoms with Crippen molar-refractivity contribution in [1.29, 1.82) is 0 Å². The van der Waals surface area contributed by atoms with Crippen LogP contribution in [0, 0.1) is 11.8 Å². The lowest BCUT2D eigenvalue weighted by Crippen LogP contribution is -2.28. The molecule has 5 nitrogen and oxygen atoms in total. The van der Waals surface area contributed by atoms with Crippen molar-refractivity contribution < 1.29 is 20.1 Å². The number of benzene rings is 1. The van der Waals surface area contributed by atoms with Gasteiger partial charge in [0.05, 0.1) is 0 Å². The maximum Gasteiger partial charge on any atom is 0.254 e. The van der Waals surface area contributed by atoms with Gasteiger partial charge in [-0.25, -0.2) is 0 Å². The van der Waals surface area contributed by atoms with Crippen LogP contribution >= 0.6 is 0 Å². The molecule has 2 aliphatic rings. The number of phenolic OH excluding ortho intramolecular Hbond substituents is 3. The van der Waals surface area contributed by atoms with E-state index in [-0.39, 0.29) is 11.5 Å². The number of carbonyl (C=O) groups excluding carboxylic acids is 1. The van der Waals surface area contributed by atoms with Crippen molar-refractivity contribution >= 4 is 5.91 Å². The van der Waals surface area contributed by atoms with Crippen LogP contribution in [-0.2, 0) is 0 Å². The molecule has 20 heavy (non-hydrogen) atoms. The summed E-state index contributed by atoms with van der Waals surface area (Å²) in [6, 6.07) is 2.42. The van der Waals surface area contributed by atoms with Crippen LogP contribution in [0.3, 0.4) is 0 Å². The Balaban J connectivity index is 1.79. The predicted octanol–water partition coefficient (Wildman–Crippen LogP) is 2.07. The molecule has 3 N–H and O–H groups in total. The van der Waals surface area contributed by atoms with Crippen molar-refractivity contribution in [3.8, 4) is 17.2 Å². The molecule has 0 aromatic heterocycles. The summed E-state index contributed by atoms with van der Waals surface area (Å²) in [5, 5.41) is 28.3. The van der Waals surface area contributed by atoms with Gasteiger partial charge in [-0.3, -0.25) is 4.79 Å². The van der Waals surface area contributed by atoms with Gasteiger partial charge in [0.25, 0.3) is 5.91 Å². The van der Waals surface area contributed by atoms with Crippen LogP contribution in [0.1, 0.15) is 36.0 Å². The van der Waals surface area contributed by atoms with Crippen molar-refractivity contribution in [3.05, 3.63) is 17.7 Å². The first-order valence-corrected chi connectivity index (χ1v) is 7.10. The molecule has 2 fully saturated rings. The maximum absolute atomic E-state index is 12.4. The third kappa shape index (κ3) is 2.17. The second-order valence-electron chi connectivity index (χ2n) is 5.88. The topological polar surface area (TPSA) is 81.0 Å². The first-order valence-electron chi connectivity index (χ1n) is 7.10. The molecule has 1 aromatic carbocycles. The summed E-state index contributed by atoms with van der Waals surface area (Å²) < 4.78 is 0. The zero-order chi connectivity index (χ0) is 14.3. The zero-order valence-electron chi connectivity index (χ0n) is 11.2. The van der Waals surface area contributed by atoms with E-state index in [2.05, 4.69) is 0 Å². The van der Waals surface area contributed by atoms with Crippen LogP contribution in [-0.4, -0.2) is 39.2 Å². The van der Waals surface area contributed by atoms with Gasteiger partial charge in [-0.2, -0.15) is 0 Å². The largest absolute Gasteiger partial charge is 0.504 e. The highest BCUT2D eigenvalue weighted by Crippen LogP contribution is 2.38. The smallest absolute Gasteiger partial charge is 0.254 e. The molecule has 1 heterocycles. The highest BCUT2D eigenvalue weighted by molar-refractivity contribution is 5.95. The third-order valence-corrected chi connectivity index (χ3v) is 4.58. The van der Waals surface area contributed by atoms with Crippen LogP contribution in [0.5, 0.6) is 17.2 Å². The van der Waals surface area contributed by atoms with Gasteiger partial charge in [-0.05, 0) is 36.8 Å². The number of phenols is 3. The Morgan fingerprint density at radius 2 is 1.50 bits per heavy atom. The maximum atomic E-state index is 12.4. The minimum atomic E-state index is -0.586. The Bertz CT molecular complexity index is 506. The molecule has 1 amide bonds. The first kappa shape index (κ1) is 13.1. The molecule has 0 spiro atoms. The van der Waals surface area contributed by atoms with Crippen LogP contribution in [0.2, 0.25) is 0 Å². The van der Waals surface area contributed by atoms with Gasteiger partial charge < -0.3 is 20.2 Å². The Hall–Kier alpha value is -1.91.